The third kappa shape index (κ3) is 10.7. The summed E-state index contributed by atoms with van der Waals surface area (Å²) >= 11 is 0. The second-order valence-corrected chi connectivity index (χ2v) is 22.5. The SMILES string of the molecule is CCOC(=O)[N+](CO[Si](C)(C)C)(CO[Si](C)(C)C)CO[Si](C)(C)C. The molecule has 24 heavy (non-hydrogen) atoms. The first-order valence-corrected chi connectivity index (χ1v) is 18.8. The molecular weight excluding hydrogens is 358 g/mol. The van der Waals surface area contributed by atoms with Gasteiger partial charge >= 0.3 is 6.09 Å². The number of hydrogen-bond acceptors (Lipinski definition) is 5. The van der Waals surface area contributed by atoms with Gasteiger partial charge in [-0.3, -0.25) is 0 Å². The van der Waals surface area contributed by atoms with Crippen LogP contribution < -0.4 is 0 Å². The van der Waals surface area contributed by atoms with Gasteiger partial charge in [0.2, 0.25) is 0 Å². The number of nitrogens with zero attached hydrogens (tertiary/aromatic N) is 1. The highest BCUT2D eigenvalue weighted by Crippen LogP contribution is 2.19. The summed E-state index contributed by atoms with van der Waals surface area (Å²) in [4.78, 5) is 12.8. The molecule has 6 nitrogen and oxygen atoms in total. The number of ether oxygens (including phenoxy) is 1. The molecule has 1 amide bonds. The van der Waals surface area contributed by atoms with Crippen LogP contribution in [0.4, 0.5) is 4.79 Å². The van der Waals surface area contributed by atoms with Gasteiger partial charge in [-0.15, -0.1) is 0 Å². The molecule has 0 bridgehead atoms. The van der Waals surface area contributed by atoms with E-state index in [1.807, 2.05) is 6.92 Å². The van der Waals surface area contributed by atoms with Crippen molar-refractivity contribution in [1.82, 2.24) is 0 Å². The Balaban J connectivity index is 5.48. The first-order valence-electron chi connectivity index (χ1n) is 8.55. The molecule has 0 heterocycles. The van der Waals surface area contributed by atoms with E-state index in [0.29, 0.717) is 6.61 Å². The molecule has 0 aliphatic carbocycles. The molecule has 0 N–H and O–H groups in total. The molecule has 9 heteroatoms. The Morgan fingerprint density at radius 3 is 1.21 bits per heavy atom. The third-order valence-electron chi connectivity index (χ3n) is 2.89. The molecule has 0 unspecified atom stereocenters. The Morgan fingerprint density at radius 1 is 0.708 bits per heavy atom. The highest BCUT2D eigenvalue weighted by molar-refractivity contribution is 6.70. The van der Waals surface area contributed by atoms with Crippen molar-refractivity contribution in [3.8, 4) is 0 Å². The van der Waals surface area contributed by atoms with Gasteiger partial charge in [-0.2, -0.15) is 9.28 Å². The number of amides is 1. The number of carbonyl (C=O) groups excluding carboxylic acids is 1. The van der Waals surface area contributed by atoms with Crippen LogP contribution >= 0.6 is 0 Å². The normalized spacial score (nSPS) is 13.9. The maximum atomic E-state index is 12.8. The fourth-order valence-electron chi connectivity index (χ4n) is 1.48. The van der Waals surface area contributed by atoms with E-state index in [-0.39, 0.29) is 30.8 Å². The summed E-state index contributed by atoms with van der Waals surface area (Å²) < 4.78 is 23.5. The predicted molar refractivity (Wildman–Crippen MR) is 105 cm³/mol. The van der Waals surface area contributed by atoms with E-state index < -0.39 is 25.0 Å². The van der Waals surface area contributed by atoms with E-state index in [0.717, 1.165) is 0 Å². The molecule has 0 aromatic carbocycles. The van der Waals surface area contributed by atoms with Crippen molar-refractivity contribution < 1.29 is 27.3 Å². The van der Waals surface area contributed by atoms with Crippen LogP contribution in [0.15, 0.2) is 0 Å². The first kappa shape index (κ1) is 24.0. The maximum absolute atomic E-state index is 12.8. The lowest BCUT2D eigenvalue weighted by Crippen LogP contribution is -2.60. The molecule has 0 aromatic rings. The number of hydrogen-bond donors (Lipinski definition) is 0. The Morgan fingerprint density at radius 2 is 1.00 bits per heavy atom. The predicted octanol–water partition coefficient (Wildman–Crippen LogP) is 4.39. The van der Waals surface area contributed by atoms with Crippen LogP contribution in [0.3, 0.4) is 0 Å². The number of rotatable bonds is 10. The molecule has 0 saturated heterocycles. The van der Waals surface area contributed by atoms with Gasteiger partial charge in [0.05, 0.1) is 6.61 Å². The molecule has 0 aliphatic rings. The maximum Gasteiger partial charge on any atom is 0.521 e. The summed E-state index contributed by atoms with van der Waals surface area (Å²) in [6, 6.07) is 0. The van der Waals surface area contributed by atoms with Gasteiger partial charge in [-0.05, 0) is 65.8 Å². The van der Waals surface area contributed by atoms with E-state index >= 15 is 0 Å². The summed E-state index contributed by atoms with van der Waals surface area (Å²) in [6.45, 7) is 21.7. The van der Waals surface area contributed by atoms with E-state index in [1.54, 1.807) is 0 Å². The Kier molecular flexibility index (Phi) is 9.04. The van der Waals surface area contributed by atoms with Gasteiger partial charge < -0.3 is 18.0 Å². The second kappa shape index (κ2) is 9.06. The van der Waals surface area contributed by atoms with E-state index in [1.165, 1.54) is 0 Å². The Labute approximate surface area is 151 Å². The van der Waals surface area contributed by atoms with Crippen LogP contribution in [0.1, 0.15) is 6.92 Å². The van der Waals surface area contributed by atoms with Gasteiger partial charge in [0, 0.05) is 0 Å². The summed E-state index contributed by atoms with van der Waals surface area (Å²) in [7, 11) is -5.39. The van der Waals surface area contributed by atoms with Gasteiger partial charge in [0.25, 0.3) is 0 Å². The van der Waals surface area contributed by atoms with Crippen molar-refractivity contribution >= 4 is 31.0 Å². The minimum absolute atomic E-state index is 0.0906. The standard InChI is InChI=1S/C15H38NO5Si3/c1-11-18-15(17)16(12-19-22(2,3)4,13-20-23(5,6)7)14-21-24(8,9)10/h11-14H2,1-10H3/q+1. The molecule has 0 fully saturated rings. The fraction of sp³-hybridized carbons (Fsp3) is 0.933. The first-order chi connectivity index (χ1) is 10.6. The van der Waals surface area contributed by atoms with Crippen molar-refractivity contribution in [2.45, 2.75) is 65.8 Å². The largest absolute Gasteiger partial charge is 0.521 e. The Hall–Kier alpha value is -0.0394. The van der Waals surface area contributed by atoms with Crippen molar-refractivity contribution in [2.24, 2.45) is 0 Å². The van der Waals surface area contributed by atoms with Crippen LogP contribution in [0.2, 0.25) is 58.9 Å². The molecular formula is C15H38NO5Si3+. The summed E-state index contributed by atoms with van der Waals surface area (Å²) in [5, 5.41) is 0. The lowest BCUT2D eigenvalue weighted by Gasteiger charge is -2.38. The lowest BCUT2D eigenvalue weighted by atomic mass is 10.6. The number of quaternary nitrogens is 1. The van der Waals surface area contributed by atoms with Crippen LogP contribution in [-0.4, -0.2) is 62.3 Å². The van der Waals surface area contributed by atoms with Gasteiger partial charge in [0.1, 0.15) is 0 Å². The highest BCUT2D eigenvalue weighted by atomic mass is 28.4. The van der Waals surface area contributed by atoms with Crippen LogP contribution in [-0.2, 0) is 18.0 Å². The van der Waals surface area contributed by atoms with Crippen molar-refractivity contribution in [2.75, 3.05) is 26.8 Å². The highest BCUT2D eigenvalue weighted by Gasteiger charge is 2.43. The summed E-state index contributed by atoms with van der Waals surface area (Å²) in [6.07, 6.45) is -0.341. The smallest absolute Gasteiger partial charge is 0.420 e. The second-order valence-electron chi connectivity index (χ2n) is 9.00. The monoisotopic (exact) mass is 396 g/mol. The van der Waals surface area contributed by atoms with Gasteiger partial charge in [-0.1, -0.05) is 0 Å². The fourth-order valence-corrected chi connectivity index (χ4v) is 3.39. The molecule has 0 atom stereocenters. The van der Waals surface area contributed by atoms with Crippen LogP contribution in [0.25, 0.3) is 0 Å². The van der Waals surface area contributed by atoms with E-state index in [4.69, 9.17) is 18.0 Å². The summed E-state index contributed by atoms with van der Waals surface area (Å²) in [5.74, 6) is 0. The number of carbonyl (C=O) groups is 1. The zero-order valence-electron chi connectivity index (χ0n) is 17.3. The van der Waals surface area contributed by atoms with E-state index in [2.05, 4.69) is 58.9 Å². The molecule has 0 spiro atoms. The third-order valence-corrected chi connectivity index (χ3v) is 5.87. The minimum atomic E-state index is -1.80. The quantitative estimate of drug-likeness (QED) is 0.311. The van der Waals surface area contributed by atoms with Crippen LogP contribution in [0.5, 0.6) is 0 Å². The van der Waals surface area contributed by atoms with Crippen molar-refractivity contribution in [3.05, 3.63) is 0 Å². The van der Waals surface area contributed by atoms with Crippen LogP contribution in [0, 0.1) is 0 Å². The van der Waals surface area contributed by atoms with E-state index in [9.17, 15) is 4.79 Å². The van der Waals surface area contributed by atoms with Crippen molar-refractivity contribution in [3.63, 3.8) is 0 Å². The Bertz CT molecular complexity index is 354. The molecule has 0 rings (SSSR count). The molecule has 144 valence electrons. The molecule has 0 aromatic heterocycles. The zero-order valence-corrected chi connectivity index (χ0v) is 20.3. The zero-order chi connectivity index (χ0) is 19.2. The molecule has 0 saturated carbocycles. The minimum Gasteiger partial charge on any atom is -0.420 e. The average Bonchev–Trinajstić information content (AvgIpc) is 2.35. The average molecular weight is 397 g/mol. The van der Waals surface area contributed by atoms with Gasteiger partial charge in [-0.25, -0.2) is 0 Å². The van der Waals surface area contributed by atoms with Gasteiger partial charge in [0.15, 0.2) is 45.1 Å². The van der Waals surface area contributed by atoms with Crippen molar-refractivity contribution in [1.29, 1.82) is 0 Å². The molecule has 0 aliphatic heterocycles. The molecule has 0 radical (unpaired) electrons. The summed E-state index contributed by atoms with van der Waals surface area (Å²) in [5.41, 5.74) is 0. The topological polar surface area (TPSA) is 54.0 Å². The lowest BCUT2D eigenvalue weighted by molar-refractivity contribution is -0.906.